The molecule has 0 spiro atoms. The normalized spacial score (nSPS) is 5.43. The van der Waals surface area contributed by atoms with Gasteiger partial charge in [0.25, 0.3) is 0 Å². The molecule has 0 saturated carbocycles. The summed E-state index contributed by atoms with van der Waals surface area (Å²) in [5, 5.41) is 0. The first-order valence-corrected chi connectivity index (χ1v) is 1.79. The zero-order chi connectivity index (χ0) is 5.58. The van der Waals surface area contributed by atoms with Gasteiger partial charge in [-0.3, -0.25) is 0 Å². The van der Waals surface area contributed by atoms with E-state index in [0.29, 0.717) is 0 Å². The van der Waals surface area contributed by atoms with E-state index in [1.165, 1.54) is 5.92 Å². The van der Waals surface area contributed by atoms with Gasteiger partial charge in [0.15, 0.2) is 0 Å². The van der Waals surface area contributed by atoms with Crippen molar-refractivity contribution < 1.29 is 32.7 Å². The van der Waals surface area contributed by atoms with E-state index in [1.807, 2.05) is 0 Å². The molecule has 0 bridgehead atoms. The maximum Gasteiger partial charge on any atom is 0 e. The van der Waals surface area contributed by atoms with Gasteiger partial charge in [-0.2, -0.15) is 20.8 Å². The van der Waals surface area contributed by atoms with Crippen molar-refractivity contribution in [2.24, 2.45) is 0 Å². The molecular formula is C6H10Y-2. The Labute approximate surface area is 72.0 Å². The summed E-state index contributed by atoms with van der Waals surface area (Å²) in [6, 6.07) is 0. The summed E-state index contributed by atoms with van der Waals surface area (Å²) < 4.78 is 0. The third-order valence-electron chi connectivity index (χ3n) is 0. The van der Waals surface area contributed by atoms with E-state index >= 15 is 0 Å². The van der Waals surface area contributed by atoms with Crippen LogP contribution in [-0.4, -0.2) is 0 Å². The quantitative estimate of drug-likeness (QED) is 0.385. The molecule has 0 heterocycles. The van der Waals surface area contributed by atoms with Crippen molar-refractivity contribution in [3.63, 3.8) is 0 Å². The summed E-state index contributed by atoms with van der Waals surface area (Å²) in [7, 11) is 0. The number of terminal acetylenes is 1. The van der Waals surface area contributed by atoms with Crippen LogP contribution in [0.25, 0.3) is 0 Å². The molecule has 0 nitrogen and oxygen atoms in total. The molecule has 0 saturated heterocycles. The van der Waals surface area contributed by atoms with Crippen molar-refractivity contribution >= 4 is 0 Å². The van der Waals surface area contributed by atoms with Crippen LogP contribution in [0.4, 0.5) is 0 Å². The van der Waals surface area contributed by atoms with E-state index < -0.39 is 0 Å². The summed E-state index contributed by atoms with van der Waals surface area (Å²) >= 11 is 0. The van der Waals surface area contributed by atoms with Crippen molar-refractivity contribution in [1.82, 2.24) is 0 Å². The van der Waals surface area contributed by atoms with Crippen LogP contribution in [0, 0.1) is 18.8 Å². The van der Waals surface area contributed by atoms with E-state index in [9.17, 15) is 0 Å². The van der Waals surface area contributed by atoms with E-state index in [-0.39, 0.29) is 32.7 Å². The van der Waals surface area contributed by atoms with Crippen molar-refractivity contribution in [3.8, 4) is 6.42 Å². The fourth-order valence-corrected chi connectivity index (χ4v) is 0. The maximum absolute atomic E-state index is 5.25. The van der Waals surface area contributed by atoms with Crippen LogP contribution >= 0.6 is 0 Å². The summed E-state index contributed by atoms with van der Waals surface area (Å²) in [5.41, 5.74) is 0. The van der Waals surface area contributed by atoms with Gasteiger partial charge in [-0.05, 0) is 0 Å². The van der Waals surface area contributed by atoms with Gasteiger partial charge in [-0.15, -0.1) is 0 Å². The standard InChI is InChI=1S/C4H9.C2H.Y/c1-4(2)3;1-2;/h1-3H3;1H;/q2*-1;. The predicted molar refractivity (Wildman–Crippen MR) is 28.5 cm³/mol. The number of hydrogen-bond donors (Lipinski definition) is 0. The fraction of sp³-hybridized carbons (Fsp3) is 0.500. The Hall–Kier alpha value is 0.664. The van der Waals surface area contributed by atoms with Gasteiger partial charge in [0, 0.05) is 32.7 Å². The average molecular weight is 171 g/mol. The first-order chi connectivity index (χ1) is 2.73. The predicted octanol–water partition coefficient (Wildman–Crippen LogP) is 1.82. The summed E-state index contributed by atoms with van der Waals surface area (Å²) in [5.74, 6) is 1.42. The minimum absolute atomic E-state index is 0. The van der Waals surface area contributed by atoms with Crippen LogP contribution in [0.1, 0.15) is 20.8 Å². The van der Waals surface area contributed by atoms with Crippen LogP contribution in [-0.2, 0) is 32.7 Å². The van der Waals surface area contributed by atoms with Gasteiger partial charge in [-0.1, -0.05) is 0 Å². The molecule has 39 valence electrons. The molecule has 1 radical (unpaired) electrons. The zero-order valence-electron chi connectivity index (χ0n) is 5.15. The Kier molecular flexibility index (Phi) is 35.6. The average Bonchev–Trinajstić information content (AvgIpc) is 1.41. The summed E-state index contributed by atoms with van der Waals surface area (Å²) in [4.78, 5) is 0. The Bertz CT molecular complexity index is 25.7. The molecule has 7 heavy (non-hydrogen) atoms. The van der Waals surface area contributed by atoms with E-state index in [2.05, 4.69) is 27.2 Å². The van der Waals surface area contributed by atoms with Crippen LogP contribution in [0.5, 0.6) is 0 Å². The second-order valence-electron chi connectivity index (χ2n) is 1.50. The van der Waals surface area contributed by atoms with Gasteiger partial charge in [0.2, 0.25) is 0 Å². The minimum atomic E-state index is 0. The van der Waals surface area contributed by atoms with E-state index in [0.717, 1.165) is 0 Å². The molecule has 0 aliphatic rings. The van der Waals surface area contributed by atoms with Crippen LogP contribution < -0.4 is 0 Å². The van der Waals surface area contributed by atoms with Crippen molar-refractivity contribution in [3.05, 3.63) is 12.3 Å². The second-order valence-corrected chi connectivity index (χ2v) is 1.50. The molecule has 0 aromatic heterocycles. The monoisotopic (exact) mass is 171 g/mol. The Balaban J connectivity index is -0.0000000480. The molecule has 0 atom stereocenters. The molecule has 0 fully saturated rings. The van der Waals surface area contributed by atoms with E-state index in [4.69, 9.17) is 6.42 Å². The molecule has 0 N–H and O–H groups in total. The smallest absolute Gasteiger partial charge is 0 e. The molecule has 0 aliphatic carbocycles. The third-order valence-corrected chi connectivity index (χ3v) is 0. The van der Waals surface area contributed by atoms with Crippen LogP contribution in [0.15, 0.2) is 0 Å². The minimum Gasteiger partial charge on any atom is -0.697 e. The SMILES string of the molecule is C[C-](C)C.[C-]#C.[Y]. The molecule has 0 rings (SSSR count). The Morgan fingerprint density at radius 1 is 1.14 bits per heavy atom. The molecule has 1 heteroatoms. The largest absolute Gasteiger partial charge is 0.697 e. The summed E-state index contributed by atoms with van der Waals surface area (Å²) in [6.07, 6.45) is 9.00. The van der Waals surface area contributed by atoms with Crippen molar-refractivity contribution in [2.45, 2.75) is 20.8 Å². The molecule has 0 aromatic rings. The topological polar surface area (TPSA) is 0 Å². The van der Waals surface area contributed by atoms with E-state index in [1.54, 1.807) is 0 Å². The molecule has 0 aliphatic heterocycles. The maximum atomic E-state index is 5.25. The van der Waals surface area contributed by atoms with Gasteiger partial charge >= 0.3 is 0 Å². The number of rotatable bonds is 0. The first-order valence-electron chi connectivity index (χ1n) is 1.79. The van der Waals surface area contributed by atoms with Crippen LogP contribution in [0.2, 0.25) is 0 Å². The first kappa shape index (κ1) is 15.6. The van der Waals surface area contributed by atoms with Crippen molar-refractivity contribution in [1.29, 1.82) is 0 Å². The fourth-order valence-electron chi connectivity index (χ4n) is 0. The molecular weight excluding hydrogens is 161 g/mol. The Morgan fingerprint density at radius 3 is 1.14 bits per heavy atom. The third kappa shape index (κ3) is 329. The number of hydrogen-bond acceptors (Lipinski definition) is 0. The molecule has 0 aromatic carbocycles. The zero-order valence-corrected chi connectivity index (χ0v) is 7.99. The molecule has 0 amide bonds. The second kappa shape index (κ2) is 15.9. The summed E-state index contributed by atoms with van der Waals surface area (Å²) in [6.45, 7) is 6.25. The van der Waals surface area contributed by atoms with Crippen molar-refractivity contribution in [2.75, 3.05) is 0 Å². The van der Waals surface area contributed by atoms with Crippen LogP contribution in [0.3, 0.4) is 0 Å². The van der Waals surface area contributed by atoms with Gasteiger partial charge < -0.3 is 18.8 Å². The van der Waals surface area contributed by atoms with Gasteiger partial charge in [0.05, 0.1) is 0 Å². The van der Waals surface area contributed by atoms with Gasteiger partial charge in [0.1, 0.15) is 0 Å². The molecule has 0 unspecified atom stereocenters. The van der Waals surface area contributed by atoms with Gasteiger partial charge in [-0.25, -0.2) is 0 Å². The Morgan fingerprint density at radius 2 is 1.14 bits per heavy atom.